The molecule has 3 N–H and O–H groups in total. The Bertz CT molecular complexity index is 396. The van der Waals surface area contributed by atoms with Crippen molar-refractivity contribution in [2.24, 2.45) is 17.1 Å². The molecule has 94 valence electrons. The summed E-state index contributed by atoms with van der Waals surface area (Å²) < 4.78 is 1.01. The van der Waals surface area contributed by atoms with Crippen molar-refractivity contribution in [2.45, 2.75) is 32.3 Å². The van der Waals surface area contributed by atoms with Gasteiger partial charge in [-0.3, -0.25) is 0 Å². The van der Waals surface area contributed by atoms with Crippen molar-refractivity contribution in [1.82, 2.24) is 0 Å². The fourth-order valence-corrected chi connectivity index (χ4v) is 3.42. The van der Waals surface area contributed by atoms with Crippen LogP contribution in [0.4, 0.5) is 0 Å². The maximum atomic E-state index is 10.6. The Kier molecular flexibility index (Phi) is 3.91. The van der Waals surface area contributed by atoms with Gasteiger partial charge in [-0.15, -0.1) is 0 Å². The molecule has 0 spiro atoms. The molecule has 0 aliphatic heterocycles. The number of hydrogen-bond donors (Lipinski definition) is 2. The van der Waals surface area contributed by atoms with E-state index in [2.05, 4.69) is 22.9 Å². The summed E-state index contributed by atoms with van der Waals surface area (Å²) >= 11 is 3.45. The highest BCUT2D eigenvalue weighted by Crippen LogP contribution is 2.49. The topological polar surface area (TPSA) is 46.2 Å². The van der Waals surface area contributed by atoms with Crippen molar-refractivity contribution < 1.29 is 5.11 Å². The van der Waals surface area contributed by atoms with Crippen LogP contribution in [0.2, 0.25) is 0 Å². The second-order valence-corrected chi connectivity index (χ2v) is 6.29. The summed E-state index contributed by atoms with van der Waals surface area (Å²) in [7, 11) is 0. The average Bonchev–Trinajstić information content (AvgIpc) is 2.71. The fourth-order valence-electron chi connectivity index (χ4n) is 3.01. The van der Waals surface area contributed by atoms with Gasteiger partial charge in [-0.2, -0.15) is 0 Å². The molecular formula is C14H20BrNO. The minimum Gasteiger partial charge on any atom is -0.388 e. The summed E-state index contributed by atoms with van der Waals surface area (Å²) in [6, 6.07) is 7.91. The molecule has 0 saturated heterocycles. The van der Waals surface area contributed by atoms with E-state index in [0.717, 1.165) is 22.9 Å². The number of aliphatic hydroxyl groups excluding tert-OH is 1. The Labute approximate surface area is 111 Å². The second kappa shape index (κ2) is 5.09. The van der Waals surface area contributed by atoms with Gasteiger partial charge >= 0.3 is 0 Å². The average molecular weight is 298 g/mol. The molecule has 1 saturated carbocycles. The minimum atomic E-state index is -0.449. The molecule has 0 bridgehead atoms. The number of aliphatic hydroxyl groups is 1. The maximum absolute atomic E-state index is 10.6. The number of hydrogen-bond acceptors (Lipinski definition) is 2. The van der Waals surface area contributed by atoms with Gasteiger partial charge in [0.1, 0.15) is 0 Å². The van der Waals surface area contributed by atoms with Crippen LogP contribution in [-0.2, 0) is 0 Å². The molecule has 0 heterocycles. The number of rotatable bonds is 3. The van der Waals surface area contributed by atoms with E-state index in [1.165, 1.54) is 6.42 Å². The van der Waals surface area contributed by atoms with Gasteiger partial charge < -0.3 is 10.8 Å². The van der Waals surface area contributed by atoms with Crippen molar-refractivity contribution in [3.63, 3.8) is 0 Å². The van der Waals surface area contributed by atoms with E-state index in [1.54, 1.807) is 0 Å². The number of nitrogens with two attached hydrogens (primary N) is 1. The quantitative estimate of drug-likeness (QED) is 0.900. The Morgan fingerprint density at radius 1 is 1.59 bits per heavy atom. The molecule has 0 amide bonds. The molecule has 3 unspecified atom stereocenters. The normalized spacial score (nSPS) is 30.5. The van der Waals surface area contributed by atoms with Gasteiger partial charge in [0.25, 0.3) is 0 Å². The predicted octanol–water partition coefficient (Wildman–Crippen LogP) is 3.25. The smallest absolute Gasteiger partial charge is 0.0858 e. The zero-order valence-electron chi connectivity index (χ0n) is 10.2. The molecule has 1 aliphatic rings. The van der Waals surface area contributed by atoms with Crippen molar-refractivity contribution in [3.8, 4) is 0 Å². The van der Waals surface area contributed by atoms with Gasteiger partial charge in [0.05, 0.1) is 6.10 Å². The van der Waals surface area contributed by atoms with E-state index in [-0.39, 0.29) is 5.41 Å². The first-order valence-corrected chi connectivity index (χ1v) is 7.00. The van der Waals surface area contributed by atoms with E-state index in [1.807, 2.05) is 24.3 Å². The highest BCUT2D eigenvalue weighted by atomic mass is 79.9. The third-order valence-electron chi connectivity index (χ3n) is 4.04. The first-order valence-electron chi connectivity index (χ1n) is 6.21. The van der Waals surface area contributed by atoms with Crippen molar-refractivity contribution in [1.29, 1.82) is 0 Å². The van der Waals surface area contributed by atoms with E-state index in [0.29, 0.717) is 12.5 Å². The first kappa shape index (κ1) is 13.1. The van der Waals surface area contributed by atoms with Crippen LogP contribution in [0.15, 0.2) is 28.7 Å². The molecular weight excluding hydrogens is 278 g/mol. The highest BCUT2D eigenvalue weighted by molar-refractivity contribution is 9.10. The fraction of sp³-hybridized carbons (Fsp3) is 0.571. The lowest BCUT2D eigenvalue weighted by Gasteiger charge is -2.33. The maximum Gasteiger partial charge on any atom is 0.0858 e. The van der Waals surface area contributed by atoms with E-state index < -0.39 is 6.10 Å². The first-order chi connectivity index (χ1) is 8.07. The molecule has 3 atom stereocenters. The van der Waals surface area contributed by atoms with Gasteiger partial charge in [0.2, 0.25) is 0 Å². The van der Waals surface area contributed by atoms with Crippen LogP contribution in [0.5, 0.6) is 0 Å². The van der Waals surface area contributed by atoms with Gasteiger partial charge in [-0.25, -0.2) is 0 Å². The van der Waals surface area contributed by atoms with Crippen LogP contribution in [-0.4, -0.2) is 11.7 Å². The highest BCUT2D eigenvalue weighted by Gasteiger charge is 2.42. The lowest BCUT2D eigenvalue weighted by Crippen LogP contribution is -2.34. The lowest BCUT2D eigenvalue weighted by atomic mass is 9.77. The number of benzene rings is 1. The van der Waals surface area contributed by atoms with Crippen LogP contribution >= 0.6 is 15.9 Å². The van der Waals surface area contributed by atoms with Crippen LogP contribution in [0.25, 0.3) is 0 Å². The van der Waals surface area contributed by atoms with Gasteiger partial charge in [-0.1, -0.05) is 41.4 Å². The summed E-state index contributed by atoms with van der Waals surface area (Å²) in [5.41, 5.74) is 6.78. The molecule has 3 heteroatoms. The largest absolute Gasteiger partial charge is 0.388 e. The predicted molar refractivity (Wildman–Crippen MR) is 73.6 cm³/mol. The SMILES string of the molecule is CC1CCC(CN)(C(O)c2cccc(Br)c2)C1. The summed E-state index contributed by atoms with van der Waals surface area (Å²) in [4.78, 5) is 0. The molecule has 1 aliphatic carbocycles. The van der Waals surface area contributed by atoms with Crippen LogP contribution in [0.1, 0.15) is 37.9 Å². The summed E-state index contributed by atoms with van der Waals surface area (Å²) in [6.45, 7) is 2.80. The summed E-state index contributed by atoms with van der Waals surface area (Å²) in [6.07, 6.45) is 2.77. The Morgan fingerprint density at radius 2 is 2.35 bits per heavy atom. The molecule has 0 radical (unpaired) electrons. The second-order valence-electron chi connectivity index (χ2n) is 5.37. The molecule has 17 heavy (non-hydrogen) atoms. The summed E-state index contributed by atoms with van der Waals surface area (Å²) in [5.74, 6) is 0.667. The van der Waals surface area contributed by atoms with Crippen LogP contribution < -0.4 is 5.73 Å². The summed E-state index contributed by atoms with van der Waals surface area (Å²) in [5, 5.41) is 10.6. The van der Waals surface area contributed by atoms with E-state index in [4.69, 9.17) is 5.73 Å². The molecule has 0 aromatic heterocycles. The van der Waals surface area contributed by atoms with E-state index in [9.17, 15) is 5.11 Å². The monoisotopic (exact) mass is 297 g/mol. The van der Waals surface area contributed by atoms with Crippen LogP contribution in [0.3, 0.4) is 0 Å². The third kappa shape index (κ3) is 2.56. The molecule has 2 nitrogen and oxygen atoms in total. The standard InChI is InChI=1S/C14H20BrNO/c1-10-5-6-14(8-10,9-16)13(17)11-3-2-4-12(15)7-11/h2-4,7,10,13,17H,5-6,8-9,16H2,1H3. The van der Waals surface area contributed by atoms with Crippen molar-refractivity contribution >= 4 is 15.9 Å². The Morgan fingerprint density at radius 3 is 2.88 bits per heavy atom. The van der Waals surface area contributed by atoms with Gasteiger partial charge in [-0.05, 0) is 36.5 Å². The Hall–Kier alpha value is -0.380. The number of halogens is 1. The van der Waals surface area contributed by atoms with Gasteiger partial charge in [0, 0.05) is 16.4 Å². The van der Waals surface area contributed by atoms with Gasteiger partial charge in [0.15, 0.2) is 0 Å². The minimum absolute atomic E-state index is 0.125. The van der Waals surface area contributed by atoms with Crippen molar-refractivity contribution in [3.05, 3.63) is 34.3 Å². The Balaban J connectivity index is 2.26. The molecule has 1 aromatic carbocycles. The molecule has 2 rings (SSSR count). The molecule has 1 fully saturated rings. The molecule has 1 aromatic rings. The van der Waals surface area contributed by atoms with Crippen molar-refractivity contribution in [2.75, 3.05) is 6.54 Å². The third-order valence-corrected chi connectivity index (χ3v) is 4.53. The van der Waals surface area contributed by atoms with Crippen LogP contribution in [0, 0.1) is 11.3 Å². The zero-order valence-corrected chi connectivity index (χ0v) is 11.8. The van der Waals surface area contributed by atoms with E-state index >= 15 is 0 Å². The lowest BCUT2D eigenvalue weighted by molar-refractivity contribution is 0.0307. The zero-order chi connectivity index (χ0) is 12.5.